The smallest absolute Gasteiger partial charge is 0.233 e. The second-order valence-electron chi connectivity index (χ2n) is 15.1. The zero-order valence-electron chi connectivity index (χ0n) is 28.2. The second kappa shape index (κ2) is 11.6. The van der Waals surface area contributed by atoms with E-state index < -0.39 is 17.3 Å². The third kappa shape index (κ3) is 6.02. The van der Waals surface area contributed by atoms with Crippen LogP contribution in [0.4, 0.5) is 13.2 Å². The molecular weight excluding hydrogens is 585 g/mol. The van der Waals surface area contributed by atoms with Gasteiger partial charge >= 0.3 is 6.18 Å². The molecule has 2 saturated carbocycles. The highest BCUT2D eigenvalue weighted by molar-refractivity contribution is 5.43. The van der Waals surface area contributed by atoms with Crippen LogP contribution in [0.15, 0.2) is 48.8 Å². The number of aryl methyl sites for hydroxylation is 1. The molecule has 0 bridgehead atoms. The lowest BCUT2D eigenvalue weighted by Crippen LogP contribution is -2.27. The summed E-state index contributed by atoms with van der Waals surface area (Å²) in [6.45, 7) is 15.5. The summed E-state index contributed by atoms with van der Waals surface area (Å²) in [6, 6.07) is 11.4. The normalized spacial score (nSPS) is 19.4. The van der Waals surface area contributed by atoms with Crippen molar-refractivity contribution in [3.8, 4) is 11.6 Å². The van der Waals surface area contributed by atoms with Gasteiger partial charge in [-0.05, 0) is 117 Å². The topological polar surface area (TPSA) is 61.4 Å². The minimum atomic E-state index is -4.53. The van der Waals surface area contributed by atoms with E-state index in [9.17, 15) is 13.2 Å². The first-order valence-corrected chi connectivity index (χ1v) is 16.8. The van der Waals surface area contributed by atoms with Gasteiger partial charge in [0.1, 0.15) is 0 Å². The quantitative estimate of drug-likeness (QED) is 0.194. The molecule has 2 aliphatic rings. The fourth-order valence-corrected chi connectivity index (χ4v) is 7.76. The Balaban J connectivity index is 1.50. The highest BCUT2D eigenvalue weighted by Crippen LogP contribution is 2.50. The Morgan fingerprint density at radius 2 is 1.11 bits per heavy atom. The monoisotopic (exact) mass is 632 g/mol. The van der Waals surface area contributed by atoms with E-state index in [2.05, 4.69) is 64.8 Å². The Bertz CT molecular complexity index is 1700. The van der Waals surface area contributed by atoms with Crippen molar-refractivity contribution in [2.75, 3.05) is 0 Å². The molecule has 2 unspecified atom stereocenters. The van der Waals surface area contributed by atoms with Crippen molar-refractivity contribution in [3.63, 3.8) is 0 Å². The van der Waals surface area contributed by atoms with Crippen LogP contribution in [0.2, 0.25) is 0 Å². The van der Waals surface area contributed by atoms with E-state index in [1.54, 1.807) is 0 Å². The molecular formula is C37H47F3N6. The van der Waals surface area contributed by atoms with Gasteiger partial charge in [0, 0.05) is 17.8 Å². The predicted molar refractivity (Wildman–Crippen MR) is 175 cm³/mol. The maximum absolute atomic E-state index is 13.6. The Labute approximate surface area is 270 Å². The second-order valence-corrected chi connectivity index (χ2v) is 15.1. The van der Waals surface area contributed by atoms with Crippen LogP contribution in [-0.4, -0.2) is 29.5 Å². The van der Waals surface area contributed by atoms with Gasteiger partial charge in [0.25, 0.3) is 0 Å². The van der Waals surface area contributed by atoms with Crippen molar-refractivity contribution in [1.29, 1.82) is 0 Å². The van der Waals surface area contributed by atoms with E-state index in [0.717, 1.165) is 47.4 Å². The van der Waals surface area contributed by atoms with E-state index in [0.29, 0.717) is 11.7 Å². The molecule has 246 valence electrons. The van der Waals surface area contributed by atoms with Crippen molar-refractivity contribution in [3.05, 3.63) is 82.7 Å². The van der Waals surface area contributed by atoms with Gasteiger partial charge in [-0.2, -0.15) is 23.4 Å². The summed E-state index contributed by atoms with van der Waals surface area (Å²) in [5.41, 5.74) is 3.50. The van der Waals surface area contributed by atoms with Crippen LogP contribution in [0, 0.1) is 17.8 Å². The van der Waals surface area contributed by atoms with Crippen LogP contribution < -0.4 is 0 Å². The molecule has 9 heteroatoms. The summed E-state index contributed by atoms with van der Waals surface area (Å²) >= 11 is 0. The molecule has 6 nitrogen and oxygen atoms in total. The van der Waals surface area contributed by atoms with E-state index >= 15 is 0 Å². The van der Waals surface area contributed by atoms with Gasteiger partial charge in [-0.1, -0.05) is 53.4 Å². The Hall–Kier alpha value is -3.49. The lowest BCUT2D eigenvalue weighted by atomic mass is 9.71. The fraction of sp³-hybridized carbons (Fsp3) is 0.568. The molecule has 0 aliphatic heterocycles. The molecule has 0 N–H and O–H groups in total. The predicted octanol–water partition coefficient (Wildman–Crippen LogP) is 9.87. The van der Waals surface area contributed by atoms with Gasteiger partial charge in [0.2, 0.25) is 0 Å². The van der Waals surface area contributed by atoms with Crippen molar-refractivity contribution < 1.29 is 13.2 Å². The number of nitrogens with zero attached hydrogens (tertiary/aromatic N) is 6. The first kappa shape index (κ1) is 32.5. The average molecular weight is 633 g/mol. The van der Waals surface area contributed by atoms with Crippen molar-refractivity contribution >= 4 is 0 Å². The van der Waals surface area contributed by atoms with Crippen molar-refractivity contribution in [2.45, 2.75) is 123 Å². The SMILES string of the molecule is Cc1ccn(-c2cc(C(C)C3(C)CCCC3)cc(C(C)(C)c3cc(C(C)C4(C)CCCC4)cc(-n4ccc(C(F)(F)F)n4)n3)n2)n1. The summed E-state index contributed by atoms with van der Waals surface area (Å²) in [4.78, 5) is 10.2. The number of halogens is 3. The Morgan fingerprint density at radius 1 is 0.674 bits per heavy atom. The van der Waals surface area contributed by atoms with E-state index in [4.69, 9.17) is 15.1 Å². The summed E-state index contributed by atoms with van der Waals surface area (Å²) < 4.78 is 43.8. The van der Waals surface area contributed by atoms with Gasteiger partial charge in [-0.15, -0.1) is 0 Å². The molecule has 0 radical (unpaired) electrons. The zero-order valence-corrected chi connectivity index (χ0v) is 28.2. The molecule has 0 spiro atoms. The third-order valence-electron chi connectivity index (χ3n) is 11.6. The lowest BCUT2D eigenvalue weighted by molar-refractivity contribution is -0.141. The number of hydrogen-bond donors (Lipinski definition) is 0. The van der Waals surface area contributed by atoms with Crippen LogP contribution in [0.3, 0.4) is 0 Å². The number of alkyl halides is 3. The third-order valence-corrected chi connectivity index (χ3v) is 11.6. The average Bonchev–Trinajstić information content (AvgIpc) is 3.84. The molecule has 0 saturated heterocycles. The van der Waals surface area contributed by atoms with Gasteiger partial charge in [-0.3, -0.25) is 0 Å². The van der Waals surface area contributed by atoms with Gasteiger partial charge in [0.05, 0.1) is 17.1 Å². The van der Waals surface area contributed by atoms with E-state index in [-0.39, 0.29) is 16.7 Å². The van der Waals surface area contributed by atoms with Gasteiger partial charge in [0.15, 0.2) is 17.3 Å². The molecule has 0 amide bonds. The maximum Gasteiger partial charge on any atom is 0.435 e. The molecule has 46 heavy (non-hydrogen) atoms. The van der Waals surface area contributed by atoms with Crippen LogP contribution >= 0.6 is 0 Å². The Kier molecular flexibility index (Phi) is 8.21. The van der Waals surface area contributed by atoms with E-state index in [1.807, 2.05) is 29.9 Å². The standard InChI is InChI=1S/C37H47F3N6/c1-24-12-18-45(43-24)32-22-27(25(2)35(6)14-8-9-15-35)20-30(41-32)34(4,5)31-21-28(26(3)36(7)16-10-11-17-36)23-33(42-31)46-19-13-29(44-46)37(38,39)40/h12-13,18-23,25-26H,8-11,14-17H2,1-7H3. The van der Waals surface area contributed by atoms with Crippen LogP contribution in [0.1, 0.15) is 139 Å². The zero-order chi connectivity index (χ0) is 33.1. The largest absolute Gasteiger partial charge is 0.435 e. The van der Waals surface area contributed by atoms with Crippen molar-refractivity contribution in [2.24, 2.45) is 10.8 Å². The fourth-order valence-electron chi connectivity index (χ4n) is 7.76. The molecule has 4 aromatic heterocycles. The summed E-state index contributed by atoms with van der Waals surface area (Å²) in [7, 11) is 0. The number of rotatable bonds is 8. The highest BCUT2D eigenvalue weighted by Gasteiger charge is 2.39. The van der Waals surface area contributed by atoms with Crippen molar-refractivity contribution in [1.82, 2.24) is 29.5 Å². The molecule has 4 heterocycles. The minimum Gasteiger partial charge on any atom is -0.233 e. The first-order chi connectivity index (χ1) is 21.6. The van der Waals surface area contributed by atoms with Crippen LogP contribution in [0.5, 0.6) is 0 Å². The number of hydrogen-bond acceptors (Lipinski definition) is 4. The Morgan fingerprint density at radius 3 is 1.50 bits per heavy atom. The molecule has 2 atom stereocenters. The first-order valence-electron chi connectivity index (χ1n) is 16.8. The van der Waals surface area contributed by atoms with Crippen LogP contribution in [-0.2, 0) is 11.6 Å². The lowest BCUT2D eigenvalue weighted by Gasteiger charge is -2.34. The molecule has 6 rings (SSSR count). The van der Waals surface area contributed by atoms with Gasteiger partial charge < -0.3 is 0 Å². The maximum atomic E-state index is 13.6. The van der Waals surface area contributed by atoms with Gasteiger partial charge in [-0.25, -0.2) is 19.3 Å². The minimum absolute atomic E-state index is 0.108. The molecule has 2 fully saturated rings. The summed E-state index contributed by atoms with van der Waals surface area (Å²) in [6.07, 6.45) is 8.26. The number of pyridine rings is 2. The molecule has 0 aromatic carbocycles. The van der Waals surface area contributed by atoms with Crippen LogP contribution in [0.25, 0.3) is 11.6 Å². The molecule has 2 aliphatic carbocycles. The highest BCUT2D eigenvalue weighted by atomic mass is 19.4. The summed E-state index contributed by atoms with van der Waals surface area (Å²) in [5.74, 6) is 1.64. The van der Waals surface area contributed by atoms with E-state index in [1.165, 1.54) is 55.0 Å². The summed E-state index contributed by atoms with van der Waals surface area (Å²) in [5, 5.41) is 8.60. The number of aromatic nitrogens is 6. The molecule has 4 aromatic rings.